The van der Waals surface area contributed by atoms with Gasteiger partial charge in [0.2, 0.25) is 0 Å². The van der Waals surface area contributed by atoms with Crippen molar-refractivity contribution in [2.45, 2.75) is 6.04 Å². The lowest BCUT2D eigenvalue weighted by atomic mass is 10.1. The van der Waals surface area contributed by atoms with Gasteiger partial charge in [-0.1, -0.05) is 24.3 Å². The molecule has 0 bridgehead atoms. The fourth-order valence-corrected chi connectivity index (χ4v) is 2.35. The minimum Gasteiger partial charge on any atom is -0.370 e. The SMILES string of the molecule is NC(=O)Nc1cccc(NC2C(=O)Nc3ccccc32)c1. The van der Waals surface area contributed by atoms with Crippen LogP contribution in [-0.4, -0.2) is 11.9 Å². The zero-order valence-corrected chi connectivity index (χ0v) is 11.1. The topological polar surface area (TPSA) is 96.2 Å². The fourth-order valence-electron chi connectivity index (χ4n) is 2.35. The van der Waals surface area contributed by atoms with Crippen LogP contribution in [0.2, 0.25) is 0 Å². The Kier molecular flexibility index (Phi) is 3.19. The molecule has 0 spiro atoms. The molecule has 0 saturated carbocycles. The van der Waals surface area contributed by atoms with Crippen molar-refractivity contribution in [3.63, 3.8) is 0 Å². The maximum Gasteiger partial charge on any atom is 0.316 e. The predicted octanol–water partition coefficient (Wildman–Crippen LogP) is 2.28. The number of amides is 3. The van der Waals surface area contributed by atoms with Crippen molar-refractivity contribution in [2.24, 2.45) is 5.73 Å². The summed E-state index contributed by atoms with van der Waals surface area (Å²) in [4.78, 5) is 22.9. The van der Waals surface area contributed by atoms with E-state index in [0.717, 1.165) is 16.9 Å². The summed E-state index contributed by atoms with van der Waals surface area (Å²) in [7, 11) is 0. The first-order chi connectivity index (χ1) is 10.1. The molecule has 0 fully saturated rings. The van der Waals surface area contributed by atoms with Crippen LogP contribution in [0.3, 0.4) is 0 Å². The van der Waals surface area contributed by atoms with Crippen molar-refractivity contribution in [2.75, 3.05) is 16.0 Å². The van der Waals surface area contributed by atoms with Crippen molar-refractivity contribution in [3.8, 4) is 0 Å². The van der Waals surface area contributed by atoms with E-state index >= 15 is 0 Å². The van der Waals surface area contributed by atoms with E-state index in [4.69, 9.17) is 5.73 Å². The number of nitrogens with one attached hydrogen (secondary N) is 3. The molecule has 0 radical (unpaired) electrons. The summed E-state index contributed by atoms with van der Waals surface area (Å²) < 4.78 is 0. The summed E-state index contributed by atoms with van der Waals surface area (Å²) in [5.41, 5.74) is 8.09. The van der Waals surface area contributed by atoms with E-state index in [1.807, 2.05) is 30.3 Å². The van der Waals surface area contributed by atoms with E-state index in [9.17, 15) is 9.59 Å². The first kappa shape index (κ1) is 13.0. The average molecular weight is 282 g/mol. The number of fused-ring (bicyclic) bond motifs is 1. The van der Waals surface area contributed by atoms with Crippen LogP contribution in [0.15, 0.2) is 48.5 Å². The number of hydrogen-bond donors (Lipinski definition) is 4. The number of carbonyl (C=O) groups is 2. The zero-order valence-electron chi connectivity index (χ0n) is 11.1. The van der Waals surface area contributed by atoms with Crippen LogP contribution in [-0.2, 0) is 4.79 Å². The molecule has 1 aliphatic rings. The molecular weight excluding hydrogens is 268 g/mol. The minimum atomic E-state index is -0.629. The third kappa shape index (κ3) is 2.64. The summed E-state index contributed by atoms with van der Waals surface area (Å²) in [6, 6.07) is 13.5. The lowest BCUT2D eigenvalue weighted by Crippen LogP contribution is -2.21. The van der Waals surface area contributed by atoms with Crippen molar-refractivity contribution in [1.29, 1.82) is 0 Å². The Hall–Kier alpha value is -3.02. The minimum absolute atomic E-state index is 0.107. The summed E-state index contributed by atoms with van der Waals surface area (Å²) in [6.45, 7) is 0. The molecule has 5 N–H and O–H groups in total. The molecule has 0 saturated heterocycles. The summed E-state index contributed by atoms with van der Waals surface area (Å²) in [5.74, 6) is -0.107. The number of anilines is 3. The number of carbonyl (C=O) groups excluding carboxylic acids is 2. The Labute approximate surface area is 121 Å². The molecule has 6 nitrogen and oxygen atoms in total. The quantitative estimate of drug-likeness (QED) is 0.695. The molecular formula is C15H14N4O2. The molecule has 1 atom stereocenters. The fraction of sp³-hybridized carbons (Fsp3) is 0.0667. The highest BCUT2D eigenvalue weighted by Gasteiger charge is 2.29. The monoisotopic (exact) mass is 282 g/mol. The van der Waals surface area contributed by atoms with Crippen LogP contribution < -0.4 is 21.7 Å². The Morgan fingerprint density at radius 2 is 1.86 bits per heavy atom. The Bertz CT molecular complexity index is 714. The first-order valence-corrected chi connectivity index (χ1v) is 6.46. The highest BCUT2D eigenvalue weighted by molar-refractivity contribution is 6.04. The van der Waals surface area contributed by atoms with Gasteiger partial charge in [-0.3, -0.25) is 4.79 Å². The first-order valence-electron chi connectivity index (χ1n) is 6.46. The molecule has 0 aliphatic carbocycles. The van der Waals surface area contributed by atoms with E-state index in [2.05, 4.69) is 16.0 Å². The number of urea groups is 1. The van der Waals surface area contributed by atoms with Crippen LogP contribution >= 0.6 is 0 Å². The van der Waals surface area contributed by atoms with Gasteiger partial charge in [-0.05, 0) is 24.3 Å². The van der Waals surface area contributed by atoms with E-state index in [-0.39, 0.29) is 5.91 Å². The molecule has 2 aromatic rings. The van der Waals surface area contributed by atoms with Crippen LogP contribution in [0.5, 0.6) is 0 Å². The smallest absolute Gasteiger partial charge is 0.316 e. The molecule has 1 aliphatic heterocycles. The molecule has 106 valence electrons. The Morgan fingerprint density at radius 1 is 1.10 bits per heavy atom. The van der Waals surface area contributed by atoms with Gasteiger partial charge in [-0.2, -0.15) is 0 Å². The number of nitrogens with two attached hydrogens (primary N) is 1. The molecule has 21 heavy (non-hydrogen) atoms. The number of primary amides is 1. The number of benzene rings is 2. The Balaban J connectivity index is 1.84. The maximum atomic E-state index is 12.0. The normalized spacial score (nSPS) is 16.0. The van der Waals surface area contributed by atoms with Gasteiger partial charge in [0, 0.05) is 22.6 Å². The van der Waals surface area contributed by atoms with Crippen LogP contribution in [0.4, 0.5) is 21.9 Å². The highest BCUT2D eigenvalue weighted by Crippen LogP contribution is 2.33. The molecule has 0 aromatic heterocycles. The zero-order chi connectivity index (χ0) is 14.8. The largest absolute Gasteiger partial charge is 0.370 e. The van der Waals surface area contributed by atoms with E-state index in [1.165, 1.54) is 0 Å². The van der Waals surface area contributed by atoms with E-state index in [0.29, 0.717) is 5.69 Å². The van der Waals surface area contributed by atoms with Crippen molar-refractivity contribution < 1.29 is 9.59 Å². The maximum absolute atomic E-state index is 12.0. The summed E-state index contributed by atoms with van der Waals surface area (Å²) in [6.07, 6.45) is 0. The highest BCUT2D eigenvalue weighted by atomic mass is 16.2. The van der Waals surface area contributed by atoms with Crippen LogP contribution in [0, 0.1) is 0 Å². The van der Waals surface area contributed by atoms with Gasteiger partial charge in [0.1, 0.15) is 6.04 Å². The number of hydrogen-bond acceptors (Lipinski definition) is 3. The second-order valence-corrected chi connectivity index (χ2v) is 4.72. The number of para-hydroxylation sites is 1. The van der Waals surface area contributed by atoms with Crippen LogP contribution in [0.25, 0.3) is 0 Å². The van der Waals surface area contributed by atoms with E-state index in [1.54, 1.807) is 18.2 Å². The third-order valence-corrected chi connectivity index (χ3v) is 3.23. The number of rotatable bonds is 3. The average Bonchev–Trinajstić information content (AvgIpc) is 2.75. The second kappa shape index (κ2) is 5.16. The van der Waals surface area contributed by atoms with Gasteiger partial charge in [0.25, 0.3) is 5.91 Å². The van der Waals surface area contributed by atoms with Gasteiger partial charge >= 0.3 is 6.03 Å². The van der Waals surface area contributed by atoms with Crippen molar-refractivity contribution >= 4 is 29.0 Å². The van der Waals surface area contributed by atoms with Crippen molar-refractivity contribution in [1.82, 2.24) is 0 Å². The van der Waals surface area contributed by atoms with Crippen molar-refractivity contribution in [3.05, 3.63) is 54.1 Å². The van der Waals surface area contributed by atoms with E-state index < -0.39 is 12.1 Å². The summed E-state index contributed by atoms with van der Waals surface area (Å²) >= 11 is 0. The molecule has 6 heteroatoms. The predicted molar refractivity (Wildman–Crippen MR) is 81.1 cm³/mol. The molecule has 3 rings (SSSR count). The molecule has 3 amide bonds. The molecule has 1 unspecified atom stereocenters. The van der Waals surface area contributed by atoms with Gasteiger partial charge in [-0.15, -0.1) is 0 Å². The lowest BCUT2D eigenvalue weighted by molar-refractivity contribution is -0.116. The van der Waals surface area contributed by atoms with Gasteiger partial charge in [-0.25, -0.2) is 4.79 Å². The second-order valence-electron chi connectivity index (χ2n) is 4.72. The standard InChI is InChI=1S/C15H14N4O2/c16-15(21)18-10-5-3-4-9(8-10)17-13-11-6-1-2-7-12(11)19-14(13)20/h1-8,13,17H,(H,19,20)(H3,16,18,21). The third-order valence-electron chi connectivity index (χ3n) is 3.23. The van der Waals surface area contributed by atoms with Crippen LogP contribution in [0.1, 0.15) is 11.6 Å². The molecule has 1 heterocycles. The lowest BCUT2D eigenvalue weighted by Gasteiger charge is -2.14. The van der Waals surface area contributed by atoms with Gasteiger partial charge in [0.05, 0.1) is 0 Å². The summed E-state index contributed by atoms with van der Waals surface area (Å²) in [5, 5.41) is 8.48. The van der Waals surface area contributed by atoms with Gasteiger partial charge in [0.15, 0.2) is 0 Å². The van der Waals surface area contributed by atoms with Gasteiger partial charge < -0.3 is 21.7 Å². The molecule has 2 aromatic carbocycles. The Morgan fingerprint density at radius 3 is 2.67 bits per heavy atom.